The van der Waals surface area contributed by atoms with Gasteiger partial charge in [0.25, 0.3) is 0 Å². The number of hydrogen-bond acceptors (Lipinski definition) is 8. The summed E-state index contributed by atoms with van der Waals surface area (Å²) in [6.45, 7) is -0.301. The van der Waals surface area contributed by atoms with Gasteiger partial charge in [0.2, 0.25) is 5.95 Å². The van der Waals surface area contributed by atoms with Crippen LogP contribution in [0.2, 0.25) is 5.15 Å². The number of nitrogens with two attached hydrogens (primary N) is 1. The minimum atomic E-state index is -1.18. The van der Waals surface area contributed by atoms with Crippen molar-refractivity contribution < 1.29 is 28.5 Å². The van der Waals surface area contributed by atoms with Crippen LogP contribution in [0.4, 0.5) is 20.5 Å². The first-order valence-corrected chi connectivity index (χ1v) is 9.11. The molecule has 154 valence electrons. The molecule has 4 rings (SSSR count). The van der Waals surface area contributed by atoms with Crippen molar-refractivity contribution in [1.82, 2.24) is 9.97 Å². The quantitative estimate of drug-likeness (QED) is 0.399. The molecule has 29 heavy (non-hydrogen) atoms. The van der Waals surface area contributed by atoms with Crippen molar-refractivity contribution in [3.05, 3.63) is 35.0 Å². The number of aromatic nitrogens is 2. The van der Waals surface area contributed by atoms with Gasteiger partial charge in [-0.1, -0.05) is 11.6 Å². The molecule has 6 N–H and O–H groups in total. The van der Waals surface area contributed by atoms with Crippen LogP contribution < -0.4 is 11.1 Å². The van der Waals surface area contributed by atoms with Gasteiger partial charge in [0.15, 0.2) is 11.4 Å². The topological polar surface area (TPSA) is 138 Å². The molecule has 0 aliphatic heterocycles. The smallest absolute Gasteiger partial charge is 0.223 e. The number of furan rings is 1. The molecule has 0 saturated heterocycles. The molecule has 0 radical (unpaired) electrons. The Bertz CT molecular complexity index is 1080. The van der Waals surface area contributed by atoms with Crippen LogP contribution in [0.3, 0.4) is 0 Å². The van der Waals surface area contributed by atoms with Crippen LogP contribution in [0.15, 0.2) is 22.6 Å². The van der Waals surface area contributed by atoms with Crippen molar-refractivity contribution in [2.45, 2.75) is 24.7 Å². The van der Waals surface area contributed by atoms with Crippen molar-refractivity contribution in [2.24, 2.45) is 5.92 Å². The lowest BCUT2D eigenvalue weighted by molar-refractivity contribution is 0.00446. The maximum Gasteiger partial charge on any atom is 0.223 e. The molecule has 8 nitrogen and oxygen atoms in total. The molecular weight excluding hydrogens is 410 g/mol. The van der Waals surface area contributed by atoms with Crippen LogP contribution in [0.25, 0.3) is 22.3 Å². The van der Waals surface area contributed by atoms with E-state index in [0.29, 0.717) is 6.07 Å². The number of rotatable bonds is 4. The van der Waals surface area contributed by atoms with E-state index in [1.807, 2.05) is 0 Å². The normalized spacial score (nSPS) is 24.3. The highest BCUT2D eigenvalue weighted by atomic mass is 35.5. The van der Waals surface area contributed by atoms with Gasteiger partial charge in [-0.3, -0.25) is 0 Å². The number of benzene rings is 1. The second-order valence-electron chi connectivity index (χ2n) is 6.92. The second-order valence-corrected chi connectivity index (χ2v) is 7.28. The minimum absolute atomic E-state index is 0.0590. The summed E-state index contributed by atoms with van der Waals surface area (Å²) in [6.07, 6.45) is -2.06. The van der Waals surface area contributed by atoms with Crippen LogP contribution in [-0.4, -0.2) is 50.1 Å². The largest absolute Gasteiger partial charge is 0.453 e. The average Bonchev–Trinajstić information content (AvgIpc) is 3.17. The summed E-state index contributed by atoms with van der Waals surface area (Å²) in [5, 5.41) is 32.6. The Morgan fingerprint density at radius 3 is 2.66 bits per heavy atom. The Kier molecular flexibility index (Phi) is 5.03. The third-order valence-electron chi connectivity index (χ3n) is 5.02. The Balaban J connectivity index is 1.78. The lowest BCUT2D eigenvalue weighted by atomic mass is 10.1. The van der Waals surface area contributed by atoms with E-state index < -0.39 is 35.8 Å². The van der Waals surface area contributed by atoms with Crippen LogP contribution in [-0.2, 0) is 0 Å². The molecule has 1 aliphatic rings. The Labute approximate surface area is 167 Å². The molecule has 1 saturated carbocycles. The van der Waals surface area contributed by atoms with E-state index >= 15 is 0 Å². The van der Waals surface area contributed by atoms with E-state index in [-0.39, 0.29) is 52.2 Å². The van der Waals surface area contributed by atoms with Crippen LogP contribution >= 0.6 is 11.6 Å². The zero-order chi connectivity index (χ0) is 20.9. The van der Waals surface area contributed by atoms with Crippen molar-refractivity contribution in [3.8, 4) is 11.3 Å². The number of aliphatic hydroxyl groups is 3. The van der Waals surface area contributed by atoms with Crippen LogP contribution in [0.5, 0.6) is 0 Å². The molecule has 2 heterocycles. The minimum Gasteiger partial charge on any atom is -0.453 e. The number of fused-ring (bicyclic) bond motifs is 1. The summed E-state index contributed by atoms with van der Waals surface area (Å²) < 4.78 is 33.1. The van der Waals surface area contributed by atoms with E-state index in [4.69, 9.17) is 21.8 Å². The summed E-state index contributed by atoms with van der Waals surface area (Å²) in [5.41, 5.74) is 5.64. The molecule has 0 amide bonds. The molecule has 2 aromatic heterocycles. The highest BCUT2D eigenvalue weighted by Gasteiger charge is 2.41. The number of hydrogen-bond donors (Lipinski definition) is 5. The molecule has 1 aromatic carbocycles. The van der Waals surface area contributed by atoms with Crippen LogP contribution in [0.1, 0.15) is 6.42 Å². The van der Waals surface area contributed by atoms with Gasteiger partial charge in [0.1, 0.15) is 28.7 Å². The van der Waals surface area contributed by atoms with E-state index in [9.17, 15) is 24.1 Å². The van der Waals surface area contributed by atoms with Gasteiger partial charge < -0.3 is 30.8 Å². The van der Waals surface area contributed by atoms with Gasteiger partial charge in [-0.2, -0.15) is 4.98 Å². The van der Waals surface area contributed by atoms with Gasteiger partial charge in [-0.15, -0.1) is 0 Å². The van der Waals surface area contributed by atoms with Gasteiger partial charge >= 0.3 is 0 Å². The fourth-order valence-electron chi connectivity index (χ4n) is 3.60. The zero-order valence-corrected chi connectivity index (χ0v) is 15.6. The summed E-state index contributed by atoms with van der Waals surface area (Å²) in [4.78, 5) is 7.96. The SMILES string of the molecule is Nc1nc(Cl)c(-c2cc3cc(F)cc(F)c3o2)c(N[C@@H]2C[C@H](CO)[C@@H](O)[C@H]2O)n1. The third-order valence-corrected chi connectivity index (χ3v) is 5.30. The number of nitrogens with one attached hydrogen (secondary N) is 1. The lowest BCUT2D eigenvalue weighted by Gasteiger charge is -2.20. The summed E-state index contributed by atoms with van der Waals surface area (Å²) in [5.74, 6) is -2.20. The van der Waals surface area contributed by atoms with Gasteiger partial charge in [0.05, 0.1) is 17.7 Å². The van der Waals surface area contributed by atoms with Crippen molar-refractivity contribution in [1.29, 1.82) is 0 Å². The maximum absolute atomic E-state index is 14.0. The fraction of sp³-hybridized carbons (Fsp3) is 0.333. The molecule has 1 fully saturated rings. The van der Waals surface area contributed by atoms with E-state index in [0.717, 1.165) is 6.07 Å². The summed E-state index contributed by atoms with van der Waals surface area (Å²) in [6, 6.07) is 2.50. The zero-order valence-electron chi connectivity index (χ0n) is 14.8. The predicted octanol–water partition coefficient (Wildman–Crippen LogP) is 1.92. The molecule has 1 aliphatic carbocycles. The number of nitrogen functional groups attached to an aromatic ring is 1. The first kappa shape index (κ1) is 19.8. The number of nitrogens with zero attached hydrogens (tertiary/aromatic N) is 2. The molecule has 0 unspecified atom stereocenters. The number of halogens is 3. The lowest BCUT2D eigenvalue weighted by Crippen LogP contribution is -2.35. The first-order valence-electron chi connectivity index (χ1n) is 8.74. The summed E-state index contributed by atoms with van der Waals surface area (Å²) in [7, 11) is 0. The summed E-state index contributed by atoms with van der Waals surface area (Å²) >= 11 is 6.22. The van der Waals surface area contributed by atoms with Gasteiger partial charge in [-0.25, -0.2) is 13.8 Å². The van der Waals surface area contributed by atoms with Crippen molar-refractivity contribution >= 4 is 34.3 Å². The highest BCUT2D eigenvalue weighted by molar-refractivity contribution is 6.32. The standard InChI is InChI=1S/C18H17ClF2N4O4/c19-16-12(11-3-6-1-8(20)4-9(21)15(6)29-11)17(25-18(22)24-16)23-10-2-7(5-26)13(27)14(10)28/h1,3-4,7,10,13-14,26-28H,2,5H2,(H3,22,23,24,25)/t7-,10-,13-,14+/m1/s1. The van der Waals surface area contributed by atoms with Crippen molar-refractivity contribution in [3.63, 3.8) is 0 Å². The average molecular weight is 427 g/mol. The van der Waals surface area contributed by atoms with E-state index in [1.165, 1.54) is 6.07 Å². The molecule has 4 atom stereocenters. The fourth-order valence-corrected chi connectivity index (χ4v) is 3.86. The third kappa shape index (κ3) is 3.48. The molecule has 11 heteroatoms. The van der Waals surface area contributed by atoms with Gasteiger partial charge in [0, 0.05) is 24.0 Å². The Morgan fingerprint density at radius 1 is 1.21 bits per heavy atom. The van der Waals surface area contributed by atoms with Crippen LogP contribution in [0, 0.1) is 17.6 Å². The monoisotopic (exact) mass is 426 g/mol. The second kappa shape index (κ2) is 7.38. The maximum atomic E-state index is 14.0. The predicted molar refractivity (Wildman–Crippen MR) is 101 cm³/mol. The Hall–Kier alpha value is -2.53. The highest BCUT2D eigenvalue weighted by Crippen LogP contribution is 2.39. The molecular formula is C18H17ClF2N4O4. The molecule has 3 aromatic rings. The molecule has 0 spiro atoms. The van der Waals surface area contributed by atoms with E-state index in [1.54, 1.807) is 0 Å². The van der Waals surface area contributed by atoms with Gasteiger partial charge in [-0.05, 0) is 18.6 Å². The molecule has 0 bridgehead atoms. The van der Waals surface area contributed by atoms with Crippen molar-refractivity contribution in [2.75, 3.05) is 17.7 Å². The first-order chi connectivity index (χ1) is 13.8. The Morgan fingerprint density at radius 2 is 1.97 bits per heavy atom. The van der Waals surface area contributed by atoms with E-state index in [2.05, 4.69) is 15.3 Å². The number of aliphatic hydroxyl groups excluding tert-OH is 3. The number of anilines is 2.